The Morgan fingerprint density at radius 1 is 1.30 bits per heavy atom. The van der Waals surface area contributed by atoms with E-state index in [4.69, 9.17) is 9.72 Å². The summed E-state index contributed by atoms with van der Waals surface area (Å²) in [6, 6.07) is 6.37. The Bertz CT molecular complexity index is 1120. The monoisotopic (exact) mass is 452 g/mol. The zero-order valence-corrected chi connectivity index (χ0v) is 19.4. The second-order valence-corrected chi connectivity index (χ2v) is 9.17. The van der Waals surface area contributed by atoms with Gasteiger partial charge in [-0.05, 0) is 51.4 Å². The van der Waals surface area contributed by atoms with Crippen LogP contribution in [0.25, 0.3) is 11.0 Å². The molecule has 1 N–H and O–H groups in total. The number of carbonyl (C=O) groups is 1. The number of amides is 1. The number of carboxylic acid groups (broad SMARTS) is 1. The molecule has 1 aromatic carbocycles. The summed E-state index contributed by atoms with van der Waals surface area (Å²) in [7, 11) is 2.16. The van der Waals surface area contributed by atoms with Gasteiger partial charge in [0.25, 0.3) is 0 Å². The Labute approximate surface area is 193 Å². The van der Waals surface area contributed by atoms with Crippen molar-refractivity contribution >= 4 is 22.8 Å². The number of aromatic nitrogens is 4. The standard InChI is InChI=1S/C24H32N6O3/c1-17-4-5-19-20(30(17)24(31)32)6-7-21-23(19)26-22(8-12-28-11-3-10-25-28)29(21)14-13-27(2)18-9-15-33-16-18/h3,6-7,10-11,17-18H,4-5,8-9,12-16H2,1-2H3,(H,31,32). The molecular formula is C24H32N6O3. The fraction of sp³-hybridized carbons (Fsp3) is 0.542. The third kappa shape index (κ3) is 4.22. The van der Waals surface area contributed by atoms with Crippen LogP contribution >= 0.6 is 0 Å². The SMILES string of the molecule is CC1CCc2c(ccc3c2nc(CCn2cccn2)n3CCN(C)C2CCOC2)N1C(=O)O. The molecule has 2 aromatic heterocycles. The smallest absolute Gasteiger partial charge is 0.412 e. The van der Waals surface area contributed by atoms with Crippen LogP contribution in [0.4, 0.5) is 10.5 Å². The molecule has 2 unspecified atom stereocenters. The van der Waals surface area contributed by atoms with Crippen molar-refractivity contribution in [1.29, 1.82) is 0 Å². The molecule has 2 aliphatic rings. The highest BCUT2D eigenvalue weighted by Gasteiger charge is 2.30. The molecule has 5 rings (SSSR count). The molecule has 1 saturated heterocycles. The maximum atomic E-state index is 11.9. The first kappa shape index (κ1) is 21.9. The van der Waals surface area contributed by atoms with E-state index in [1.807, 2.05) is 36.0 Å². The number of anilines is 1. The van der Waals surface area contributed by atoms with Crippen LogP contribution in [0.2, 0.25) is 0 Å². The van der Waals surface area contributed by atoms with E-state index in [0.717, 1.165) is 86.6 Å². The van der Waals surface area contributed by atoms with Gasteiger partial charge in [-0.25, -0.2) is 9.78 Å². The Kier molecular flexibility index (Phi) is 6.07. The van der Waals surface area contributed by atoms with Crippen molar-refractivity contribution in [1.82, 2.24) is 24.2 Å². The molecule has 4 heterocycles. The third-order valence-corrected chi connectivity index (χ3v) is 7.13. The quantitative estimate of drug-likeness (QED) is 0.593. The molecule has 3 aromatic rings. The van der Waals surface area contributed by atoms with Gasteiger partial charge < -0.3 is 14.4 Å². The van der Waals surface area contributed by atoms with Crippen molar-refractivity contribution in [3.05, 3.63) is 42.0 Å². The lowest BCUT2D eigenvalue weighted by Crippen LogP contribution is -2.41. The van der Waals surface area contributed by atoms with Crippen LogP contribution in [-0.2, 0) is 30.7 Å². The van der Waals surface area contributed by atoms with Gasteiger partial charge in [-0.15, -0.1) is 0 Å². The minimum atomic E-state index is -0.901. The summed E-state index contributed by atoms with van der Waals surface area (Å²) in [5, 5.41) is 14.1. The molecular weight excluding hydrogens is 420 g/mol. The lowest BCUT2D eigenvalue weighted by molar-refractivity contribution is 0.157. The van der Waals surface area contributed by atoms with Crippen LogP contribution in [0, 0.1) is 0 Å². The first-order valence-corrected chi connectivity index (χ1v) is 11.8. The summed E-state index contributed by atoms with van der Waals surface area (Å²) < 4.78 is 9.81. The summed E-state index contributed by atoms with van der Waals surface area (Å²) in [4.78, 5) is 20.9. The Hall–Kier alpha value is -2.91. The molecule has 2 aliphatic heterocycles. The highest BCUT2D eigenvalue weighted by Crippen LogP contribution is 2.36. The molecule has 0 saturated carbocycles. The number of benzene rings is 1. The number of imidazole rings is 1. The highest BCUT2D eigenvalue weighted by molar-refractivity contribution is 5.94. The van der Waals surface area contributed by atoms with Gasteiger partial charge in [0, 0.05) is 62.7 Å². The van der Waals surface area contributed by atoms with Gasteiger partial charge in [0.05, 0.1) is 23.3 Å². The van der Waals surface area contributed by atoms with Gasteiger partial charge in [-0.1, -0.05) is 0 Å². The van der Waals surface area contributed by atoms with Gasteiger partial charge in [0.2, 0.25) is 0 Å². The Morgan fingerprint density at radius 3 is 2.91 bits per heavy atom. The number of hydrogen-bond acceptors (Lipinski definition) is 5. The molecule has 0 spiro atoms. The first-order chi connectivity index (χ1) is 16.0. The second kappa shape index (κ2) is 9.15. The Morgan fingerprint density at radius 2 is 2.18 bits per heavy atom. The summed E-state index contributed by atoms with van der Waals surface area (Å²) in [6.07, 6.45) is 6.34. The van der Waals surface area contributed by atoms with Crippen molar-refractivity contribution in [3.8, 4) is 0 Å². The van der Waals surface area contributed by atoms with E-state index in [-0.39, 0.29) is 6.04 Å². The van der Waals surface area contributed by atoms with Crippen LogP contribution in [0.5, 0.6) is 0 Å². The maximum Gasteiger partial charge on any atom is 0.412 e. The van der Waals surface area contributed by atoms with Crippen LogP contribution in [0.1, 0.15) is 31.2 Å². The number of fused-ring (bicyclic) bond motifs is 3. The van der Waals surface area contributed by atoms with Gasteiger partial charge in [-0.2, -0.15) is 5.10 Å². The van der Waals surface area contributed by atoms with Gasteiger partial charge in [0.15, 0.2) is 0 Å². The van der Waals surface area contributed by atoms with Crippen LogP contribution in [0.15, 0.2) is 30.6 Å². The molecule has 9 nitrogen and oxygen atoms in total. The molecule has 2 atom stereocenters. The Balaban J connectivity index is 1.49. The van der Waals surface area contributed by atoms with Crippen LogP contribution in [0.3, 0.4) is 0 Å². The molecule has 1 fully saturated rings. The van der Waals surface area contributed by atoms with Gasteiger partial charge in [-0.3, -0.25) is 14.5 Å². The second-order valence-electron chi connectivity index (χ2n) is 9.17. The van der Waals surface area contributed by atoms with Crippen molar-refractivity contribution < 1.29 is 14.6 Å². The molecule has 0 bridgehead atoms. The van der Waals surface area contributed by atoms with E-state index in [0.29, 0.717) is 6.04 Å². The largest absolute Gasteiger partial charge is 0.465 e. The lowest BCUT2D eigenvalue weighted by atomic mass is 9.96. The number of aryl methyl sites for hydroxylation is 3. The average molecular weight is 453 g/mol. The molecule has 0 radical (unpaired) electrons. The number of likely N-dealkylation sites (N-methyl/N-ethyl adjacent to an activating group) is 1. The molecule has 9 heteroatoms. The molecule has 176 valence electrons. The van der Waals surface area contributed by atoms with E-state index in [2.05, 4.69) is 21.6 Å². The number of rotatable bonds is 7. The van der Waals surface area contributed by atoms with Crippen molar-refractivity contribution in [2.45, 2.75) is 57.8 Å². The van der Waals surface area contributed by atoms with Crippen molar-refractivity contribution in [2.24, 2.45) is 0 Å². The van der Waals surface area contributed by atoms with E-state index < -0.39 is 6.09 Å². The van der Waals surface area contributed by atoms with Crippen LogP contribution in [-0.4, -0.2) is 74.3 Å². The zero-order chi connectivity index (χ0) is 22.9. The third-order valence-electron chi connectivity index (χ3n) is 7.13. The average Bonchev–Trinajstić information content (AvgIpc) is 3.56. The minimum Gasteiger partial charge on any atom is -0.465 e. The summed E-state index contributed by atoms with van der Waals surface area (Å²) >= 11 is 0. The lowest BCUT2D eigenvalue weighted by Gasteiger charge is -2.33. The van der Waals surface area contributed by atoms with E-state index >= 15 is 0 Å². The topological polar surface area (TPSA) is 88.7 Å². The fourth-order valence-corrected chi connectivity index (χ4v) is 5.17. The predicted octanol–water partition coefficient (Wildman–Crippen LogP) is 3.02. The fourth-order valence-electron chi connectivity index (χ4n) is 5.17. The number of hydrogen-bond donors (Lipinski definition) is 1. The van der Waals surface area contributed by atoms with Crippen molar-refractivity contribution in [3.63, 3.8) is 0 Å². The van der Waals surface area contributed by atoms with Crippen LogP contribution < -0.4 is 4.90 Å². The number of ether oxygens (including phenoxy) is 1. The molecule has 0 aliphatic carbocycles. The highest BCUT2D eigenvalue weighted by atomic mass is 16.5. The maximum absolute atomic E-state index is 11.9. The summed E-state index contributed by atoms with van der Waals surface area (Å²) in [5.41, 5.74) is 3.84. The van der Waals surface area contributed by atoms with Gasteiger partial charge in [0.1, 0.15) is 5.82 Å². The normalized spacial score (nSPS) is 20.6. The molecule has 1 amide bonds. The zero-order valence-electron chi connectivity index (χ0n) is 19.4. The predicted molar refractivity (Wildman–Crippen MR) is 126 cm³/mol. The molecule has 33 heavy (non-hydrogen) atoms. The summed E-state index contributed by atoms with van der Waals surface area (Å²) in [5.74, 6) is 1.02. The van der Waals surface area contributed by atoms with E-state index in [9.17, 15) is 9.90 Å². The first-order valence-electron chi connectivity index (χ1n) is 11.8. The van der Waals surface area contributed by atoms with Gasteiger partial charge >= 0.3 is 6.09 Å². The number of nitrogens with zero attached hydrogens (tertiary/aromatic N) is 6. The van der Waals surface area contributed by atoms with E-state index in [1.54, 1.807) is 6.20 Å². The van der Waals surface area contributed by atoms with Crippen molar-refractivity contribution in [2.75, 3.05) is 31.7 Å². The summed E-state index contributed by atoms with van der Waals surface area (Å²) in [6.45, 7) is 6.09. The minimum absolute atomic E-state index is 0.0314. The van der Waals surface area contributed by atoms with E-state index in [1.165, 1.54) is 4.90 Å².